The average Bonchev–Trinajstić information content (AvgIpc) is 2.62. The summed E-state index contributed by atoms with van der Waals surface area (Å²) in [6.45, 7) is 0.244. The van der Waals surface area contributed by atoms with E-state index in [4.69, 9.17) is 11.6 Å². The van der Waals surface area contributed by atoms with Crippen molar-refractivity contribution in [3.63, 3.8) is 0 Å². The first-order chi connectivity index (χ1) is 13.6. The first-order valence-electron chi connectivity index (χ1n) is 7.91. The minimum atomic E-state index is -5.26. The summed E-state index contributed by atoms with van der Waals surface area (Å²) in [7, 11) is -4.43. The zero-order valence-corrected chi connectivity index (χ0v) is 16.6. The van der Waals surface area contributed by atoms with Gasteiger partial charge in [0.2, 0.25) is 5.60 Å². The van der Waals surface area contributed by atoms with Gasteiger partial charge in [-0.05, 0) is 49.4 Å². The van der Waals surface area contributed by atoms with E-state index in [1.165, 1.54) is 24.3 Å². The molecule has 162 valence electrons. The molecule has 0 radical (unpaired) electrons. The molecule has 0 spiro atoms. The third kappa shape index (κ3) is 5.01. The topological polar surface area (TPSA) is 133 Å². The molecule has 30 heavy (non-hydrogen) atoms. The summed E-state index contributed by atoms with van der Waals surface area (Å²) in [6, 6.07) is 7.28. The van der Waals surface area contributed by atoms with Crippen LogP contribution in [0.4, 0.5) is 18.9 Å². The molecule has 2 aromatic carbocycles. The number of benzene rings is 2. The van der Waals surface area contributed by atoms with Crippen molar-refractivity contribution in [3.05, 3.63) is 53.1 Å². The van der Waals surface area contributed by atoms with Gasteiger partial charge in [-0.25, -0.2) is 13.1 Å². The molecule has 8 nitrogen and oxygen atoms in total. The molecular weight excluding hydrogens is 453 g/mol. The number of aliphatic hydroxyl groups is 1. The first kappa shape index (κ1) is 23.4. The van der Waals surface area contributed by atoms with Crippen LogP contribution in [0.5, 0.6) is 5.75 Å². The highest BCUT2D eigenvalue weighted by Crippen LogP contribution is 2.32. The Hall–Kier alpha value is -2.83. The molecule has 0 fully saturated rings. The number of anilines is 1. The molecule has 0 heterocycles. The summed E-state index contributed by atoms with van der Waals surface area (Å²) in [5.74, 6) is -2.97. The van der Waals surface area contributed by atoms with E-state index in [2.05, 4.69) is 0 Å². The maximum Gasteiger partial charge on any atom is 0.426 e. The minimum absolute atomic E-state index is 0.0688. The van der Waals surface area contributed by atoms with Crippen molar-refractivity contribution in [2.24, 2.45) is 0 Å². The number of phenolic OH excluding ortho intramolecular Hbond substituents is 1. The van der Waals surface area contributed by atoms with Crippen molar-refractivity contribution < 1.29 is 41.4 Å². The highest BCUT2D eigenvalue weighted by atomic mass is 35.5. The number of carbonyl (C=O) groups is 2. The Morgan fingerprint density at radius 3 is 2.13 bits per heavy atom. The van der Waals surface area contributed by atoms with Gasteiger partial charge in [-0.1, -0.05) is 11.6 Å². The van der Waals surface area contributed by atoms with E-state index in [-0.39, 0.29) is 18.2 Å². The zero-order valence-electron chi connectivity index (χ0n) is 15.0. The zero-order chi connectivity index (χ0) is 22.9. The van der Waals surface area contributed by atoms with Crippen molar-refractivity contribution in [2.75, 3.05) is 5.32 Å². The van der Waals surface area contributed by atoms with Crippen molar-refractivity contribution in [1.82, 2.24) is 4.72 Å². The molecule has 0 aliphatic carbocycles. The maximum absolute atomic E-state index is 12.7. The van der Waals surface area contributed by atoms with E-state index in [1.54, 1.807) is 10.0 Å². The van der Waals surface area contributed by atoms with E-state index in [0.717, 1.165) is 18.2 Å². The normalized spacial score (nSPS) is 13.9. The largest absolute Gasteiger partial charge is 0.508 e. The Morgan fingerprint density at radius 1 is 1.07 bits per heavy atom. The minimum Gasteiger partial charge on any atom is -0.508 e. The summed E-state index contributed by atoms with van der Waals surface area (Å²) in [5.41, 5.74) is -4.17. The van der Waals surface area contributed by atoms with Gasteiger partial charge in [0, 0.05) is 5.56 Å². The molecule has 1 atom stereocenters. The molecule has 0 saturated carbocycles. The van der Waals surface area contributed by atoms with Crippen molar-refractivity contribution in [3.8, 4) is 5.75 Å². The molecule has 0 aromatic heterocycles. The fraction of sp³-hybridized carbons (Fsp3) is 0.176. The van der Waals surface area contributed by atoms with Crippen molar-refractivity contribution in [2.45, 2.75) is 23.6 Å². The van der Waals surface area contributed by atoms with Crippen LogP contribution in [0.2, 0.25) is 5.02 Å². The molecule has 2 amide bonds. The van der Waals surface area contributed by atoms with Gasteiger partial charge in [0.25, 0.3) is 21.8 Å². The predicted molar refractivity (Wildman–Crippen MR) is 99.5 cm³/mol. The standard InChI is InChI=1S/C17H14ClF3N2O6S/c1-16(27,17(19,20)21)15(26)22-13-7-6-11(8-12(13)18)30(28,29)23-14(25)9-2-4-10(24)5-3-9/h2-8,24,27H,1H3,(H,22,26)(H,23,25)/t16-/m1/s1. The number of hydrogen-bond donors (Lipinski definition) is 4. The Morgan fingerprint density at radius 2 is 1.63 bits per heavy atom. The molecule has 0 aliphatic rings. The Bertz CT molecular complexity index is 1090. The van der Waals surface area contributed by atoms with Crippen LogP contribution in [-0.4, -0.2) is 42.2 Å². The number of sulfonamides is 1. The fourth-order valence-electron chi connectivity index (χ4n) is 1.99. The summed E-state index contributed by atoms with van der Waals surface area (Å²) >= 11 is 5.83. The Labute approximate surface area is 173 Å². The molecule has 0 aliphatic heterocycles. The Kier molecular flexibility index (Phi) is 6.35. The number of aromatic hydroxyl groups is 1. The van der Waals surface area contributed by atoms with Crippen LogP contribution in [0, 0.1) is 0 Å². The number of amides is 2. The van der Waals surface area contributed by atoms with E-state index >= 15 is 0 Å². The predicted octanol–water partition coefficient (Wildman–Crippen LogP) is 2.42. The summed E-state index contributed by atoms with van der Waals surface area (Å²) < 4.78 is 64.6. The molecule has 2 aromatic rings. The third-order valence-corrected chi connectivity index (χ3v) is 5.49. The molecule has 0 unspecified atom stereocenters. The number of halogens is 4. The van der Waals surface area contributed by atoms with Gasteiger partial charge in [0.05, 0.1) is 15.6 Å². The second kappa shape index (κ2) is 8.13. The van der Waals surface area contributed by atoms with E-state index in [9.17, 15) is 41.4 Å². The van der Waals surface area contributed by atoms with Gasteiger partial charge in [-0.2, -0.15) is 13.2 Å². The van der Waals surface area contributed by atoms with Crippen LogP contribution < -0.4 is 10.0 Å². The smallest absolute Gasteiger partial charge is 0.426 e. The molecular formula is C17H14ClF3N2O6S. The monoisotopic (exact) mass is 466 g/mol. The van der Waals surface area contributed by atoms with E-state index in [1.807, 2.05) is 0 Å². The van der Waals surface area contributed by atoms with Crippen LogP contribution in [0.1, 0.15) is 17.3 Å². The van der Waals surface area contributed by atoms with Crippen LogP contribution in [-0.2, 0) is 14.8 Å². The quantitative estimate of drug-likeness (QED) is 0.535. The molecule has 0 saturated heterocycles. The van der Waals surface area contributed by atoms with Crippen LogP contribution in [0.25, 0.3) is 0 Å². The van der Waals surface area contributed by atoms with Gasteiger partial charge < -0.3 is 15.5 Å². The molecule has 4 N–H and O–H groups in total. The number of rotatable bonds is 5. The van der Waals surface area contributed by atoms with Crippen molar-refractivity contribution in [1.29, 1.82) is 0 Å². The van der Waals surface area contributed by atoms with Crippen LogP contribution >= 0.6 is 11.6 Å². The summed E-state index contributed by atoms with van der Waals surface area (Å²) in [6.07, 6.45) is -5.26. The number of carbonyl (C=O) groups excluding carboxylic acids is 2. The second-order valence-corrected chi connectivity index (χ2v) is 8.24. The number of alkyl halides is 3. The second-order valence-electron chi connectivity index (χ2n) is 6.15. The number of phenols is 1. The number of nitrogens with one attached hydrogen (secondary N) is 2. The lowest BCUT2D eigenvalue weighted by Gasteiger charge is -2.25. The molecule has 2 rings (SSSR count). The highest BCUT2D eigenvalue weighted by Gasteiger charge is 2.55. The average molecular weight is 467 g/mol. The van der Waals surface area contributed by atoms with Gasteiger partial charge >= 0.3 is 6.18 Å². The number of hydrogen-bond acceptors (Lipinski definition) is 6. The molecule has 13 heteroatoms. The first-order valence-corrected chi connectivity index (χ1v) is 9.77. The summed E-state index contributed by atoms with van der Waals surface area (Å²) in [5, 5.41) is 19.8. The van der Waals surface area contributed by atoms with E-state index in [0.29, 0.717) is 0 Å². The lowest BCUT2D eigenvalue weighted by Crippen LogP contribution is -2.52. The SMILES string of the molecule is C[C@@](O)(C(=O)Nc1ccc(S(=O)(=O)NC(=O)c2ccc(O)cc2)cc1Cl)C(F)(F)F. The van der Waals surface area contributed by atoms with Crippen LogP contribution in [0.3, 0.4) is 0 Å². The maximum atomic E-state index is 12.7. The highest BCUT2D eigenvalue weighted by molar-refractivity contribution is 7.90. The third-order valence-electron chi connectivity index (χ3n) is 3.85. The summed E-state index contributed by atoms with van der Waals surface area (Å²) in [4.78, 5) is 23.2. The molecule has 0 bridgehead atoms. The van der Waals surface area contributed by atoms with Gasteiger partial charge in [0.1, 0.15) is 5.75 Å². The van der Waals surface area contributed by atoms with Crippen LogP contribution in [0.15, 0.2) is 47.4 Å². The van der Waals surface area contributed by atoms with Gasteiger partial charge in [-0.3, -0.25) is 9.59 Å². The lowest BCUT2D eigenvalue weighted by molar-refractivity contribution is -0.242. The Balaban J connectivity index is 2.22. The fourth-order valence-corrected chi connectivity index (χ4v) is 3.28. The van der Waals surface area contributed by atoms with E-state index < -0.39 is 49.2 Å². The van der Waals surface area contributed by atoms with Gasteiger partial charge in [0.15, 0.2) is 0 Å². The van der Waals surface area contributed by atoms with Gasteiger partial charge in [-0.15, -0.1) is 0 Å². The lowest BCUT2D eigenvalue weighted by atomic mass is 10.1. The van der Waals surface area contributed by atoms with Crippen molar-refractivity contribution >= 4 is 39.1 Å².